The van der Waals surface area contributed by atoms with Gasteiger partial charge in [-0.15, -0.1) is 5.10 Å². The Morgan fingerprint density at radius 3 is 2.92 bits per heavy atom. The Bertz CT molecular complexity index is 234. The van der Waals surface area contributed by atoms with E-state index in [0.717, 1.165) is 25.1 Å². The number of aryl methyl sites for hydroxylation is 1. The Kier molecular flexibility index (Phi) is 3.72. The SMILES string of the molecule is CCCn1cc(C(Br)CC)nn1. The van der Waals surface area contributed by atoms with Crippen LogP contribution < -0.4 is 0 Å². The maximum atomic E-state index is 4.07. The third kappa shape index (κ3) is 2.30. The zero-order valence-electron chi connectivity index (χ0n) is 7.50. The van der Waals surface area contributed by atoms with Crippen LogP contribution in [0.2, 0.25) is 0 Å². The molecule has 0 spiro atoms. The van der Waals surface area contributed by atoms with Crippen LogP contribution >= 0.6 is 15.9 Å². The zero-order chi connectivity index (χ0) is 8.97. The molecule has 0 amide bonds. The normalized spacial score (nSPS) is 13.2. The van der Waals surface area contributed by atoms with Crippen LogP contribution in [-0.2, 0) is 6.54 Å². The number of aromatic nitrogens is 3. The molecule has 0 fully saturated rings. The van der Waals surface area contributed by atoms with Crippen LogP contribution in [0.3, 0.4) is 0 Å². The van der Waals surface area contributed by atoms with E-state index in [9.17, 15) is 0 Å². The van der Waals surface area contributed by atoms with Crippen molar-refractivity contribution in [3.63, 3.8) is 0 Å². The van der Waals surface area contributed by atoms with Gasteiger partial charge >= 0.3 is 0 Å². The van der Waals surface area contributed by atoms with Crippen molar-refractivity contribution in [2.45, 2.75) is 38.1 Å². The van der Waals surface area contributed by atoms with Crippen LogP contribution in [0.5, 0.6) is 0 Å². The van der Waals surface area contributed by atoms with Gasteiger partial charge in [-0.05, 0) is 12.8 Å². The molecule has 4 heteroatoms. The van der Waals surface area contributed by atoms with E-state index in [0.29, 0.717) is 4.83 Å². The second-order valence-corrected chi connectivity index (χ2v) is 3.89. The van der Waals surface area contributed by atoms with Gasteiger partial charge in [0.2, 0.25) is 0 Å². The molecule has 0 saturated carbocycles. The minimum atomic E-state index is 0.350. The van der Waals surface area contributed by atoms with Crippen molar-refractivity contribution >= 4 is 15.9 Å². The summed E-state index contributed by atoms with van der Waals surface area (Å²) in [6.45, 7) is 5.21. The molecule has 1 rings (SSSR count). The highest BCUT2D eigenvalue weighted by Crippen LogP contribution is 2.23. The Morgan fingerprint density at radius 2 is 2.33 bits per heavy atom. The van der Waals surface area contributed by atoms with Gasteiger partial charge in [-0.3, -0.25) is 4.68 Å². The minimum absolute atomic E-state index is 0.350. The van der Waals surface area contributed by atoms with Crippen molar-refractivity contribution in [2.24, 2.45) is 0 Å². The van der Waals surface area contributed by atoms with Gasteiger partial charge in [-0.1, -0.05) is 35.0 Å². The van der Waals surface area contributed by atoms with E-state index < -0.39 is 0 Å². The van der Waals surface area contributed by atoms with E-state index in [-0.39, 0.29) is 0 Å². The van der Waals surface area contributed by atoms with Crippen molar-refractivity contribution in [1.29, 1.82) is 0 Å². The van der Waals surface area contributed by atoms with Crippen LogP contribution in [-0.4, -0.2) is 15.0 Å². The standard InChI is InChI=1S/C8H14BrN3/c1-3-5-12-6-8(10-11-12)7(9)4-2/h6-7H,3-5H2,1-2H3. The zero-order valence-corrected chi connectivity index (χ0v) is 9.08. The molecular weight excluding hydrogens is 218 g/mol. The molecule has 0 N–H and O–H groups in total. The van der Waals surface area contributed by atoms with Gasteiger partial charge in [0.25, 0.3) is 0 Å². The molecule has 3 nitrogen and oxygen atoms in total. The molecule has 1 aromatic heterocycles. The Labute approximate surface area is 81.3 Å². The summed E-state index contributed by atoms with van der Waals surface area (Å²) >= 11 is 3.53. The van der Waals surface area contributed by atoms with Gasteiger partial charge in [0, 0.05) is 12.7 Å². The highest BCUT2D eigenvalue weighted by atomic mass is 79.9. The van der Waals surface area contributed by atoms with Crippen molar-refractivity contribution in [3.05, 3.63) is 11.9 Å². The van der Waals surface area contributed by atoms with Gasteiger partial charge < -0.3 is 0 Å². The van der Waals surface area contributed by atoms with Crippen molar-refractivity contribution in [1.82, 2.24) is 15.0 Å². The number of rotatable bonds is 4. The van der Waals surface area contributed by atoms with E-state index in [1.807, 2.05) is 10.9 Å². The first-order valence-electron chi connectivity index (χ1n) is 4.32. The molecule has 0 bridgehead atoms. The summed E-state index contributed by atoms with van der Waals surface area (Å²) in [6, 6.07) is 0. The van der Waals surface area contributed by atoms with Gasteiger partial charge in [-0.2, -0.15) is 0 Å². The first-order valence-corrected chi connectivity index (χ1v) is 5.23. The van der Waals surface area contributed by atoms with E-state index in [4.69, 9.17) is 0 Å². The van der Waals surface area contributed by atoms with Gasteiger partial charge in [0.1, 0.15) is 0 Å². The molecule has 68 valence electrons. The summed E-state index contributed by atoms with van der Waals surface area (Å²) in [5.74, 6) is 0. The lowest BCUT2D eigenvalue weighted by Crippen LogP contribution is -1.96. The summed E-state index contributed by atoms with van der Waals surface area (Å²) in [5.41, 5.74) is 1.03. The highest BCUT2D eigenvalue weighted by molar-refractivity contribution is 9.09. The van der Waals surface area contributed by atoms with Crippen molar-refractivity contribution in [2.75, 3.05) is 0 Å². The second-order valence-electron chi connectivity index (χ2n) is 2.78. The summed E-state index contributed by atoms with van der Waals surface area (Å²) in [4.78, 5) is 0.350. The lowest BCUT2D eigenvalue weighted by atomic mass is 10.3. The molecule has 1 aromatic rings. The van der Waals surface area contributed by atoms with Crippen molar-refractivity contribution in [3.8, 4) is 0 Å². The summed E-state index contributed by atoms with van der Waals surface area (Å²) < 4.78 is 1.89. The van der Waals surface area contributed by atoms with Gasteiger partial charge in [0.05, 0.1) is 10.5 Å². The maximum Gasteiger partial charge on any atom is 0.0963 e. The monoisotopic (exact) mass is 231 g/mol. The average molecular weight is 232 g/mol. The molecule has 1 unspecified atom stereocenters. The number of halogens is 1. The molecule has 12 heavy (non-hydrogen) atoms. The molecule has 0 aliphatic carbocycles. The quantitative estimate of drug-likeness (QED) is 0.747. The highest BCUT2D eigenvalue weighted by Gasteiger charge is 2.08. The Morgan fingerprint density at radius 1 is 1.58 bits per heavy atom. The van der Waals surface area contributed by atoms with Gasteiger partial charge in [-0.25, -0.2) is 0 Å². The predicted octanol–water partition coefficient (Wildman–Crippen LogP) is 2.53. The van der Waals surface area contributed by atoms with Crippen molar-refractivity contribution < 1.29 is 0 Å². The molecular formula is C8H14BrN3. The average Bonchev–Trinajstić information content (AvgIpc) is 2.52. The Balaban J connectivity index is 2.63. The van der Waals surface area contributed by atoms with Crippen LogP contribution in [0.1, 0.15) is 37.2 Å². The van der Waals surface area contributed by atoms with Crippen LogP contribution in [0.15, 0.2) is 6.20 Å². The fourth-order valence-electron chi connectivity index (χ4n) is 1.00. The van der Waals surface area contributed by atoms with E-state index in [2.05, 4.69) is 40.1 Å². The summed E-state index contributed by atoms with van der Waals surface area (Å²) in [6.07, 6.45) is 4.15. The molecule has 0 aliphatic heterocycles. The molecule has 1 heterocycles. The fourth-order valence-corrected chi connectivity index (χ4v) is 1.21. The molecule has 0 radical (unpaired) electrons. The summed E-state index contributed by atoms with van der Waals surface area (Å²) in [7, 11) is 0. The second kappa shape index (κ2) is 4.60. The van der Waals surface area contributed by atoms with Crippen LogP contribution in [0.4, 0.5) is 0 Å². The van der Waals surface area contributed by atoms with E-state index in [1.165, 1.54) is 0 Å². The first kappa shape index (κ1) is 9.71. The number of hydrogen-bond acceptors (Lipinski definition) is 2. The molecule has 0 aliphatic rings. The first-order chi connectivity index (χ1) is 5.77. The molecule has 0 saturated heterocycles. The topological polar surface area (TPSA) is 30.7 Å². The molecule has 0 aromatic carbocycles. The predicted molar refractivity (Wildman–Crippen MR) is 52.3 cm³/mol. The number of alkyl halides is 1. The third-order valence-corrected chi connectivity index (χ3v) is 2.80. The van der Waals surface area contributed by atoms with E-state index in [1.54, 1.807) is 0 Å². The largest absolute Gasteiger partial charge is 0.252 e. The van der Waals surface area contributed by atoms with E-state index >= 15 is 0 Å². The lowest BCUT2D eigenvalue weighted by molar-refractivity contribution is 0.579. The lowest BCUT2D eigenvalue weighted by Gasteiger charge is -1.98. The smallest absolute Gasteiger partial charge is 0.0963 e. The maximum absolute atomic E-state index is 4.07. The minimum Gasteiger partial charge on any atom is -0.252 e. The number of hydrogen-bond donors (Lipinski definition) is 0. The van der Waals surface area contributed by atoms with Crippen LogP contribution in [0.25, 0.3) is 0 Å². The van der Waals surface area contributed by atoms with Crippen LogP contribution in [0, 0.1) is 0 Å². The fraction of sp³-hybridized carbons (Fsp3) is 0.750. The summed E-state index contributed by atoms with van der Waals surface area (Å²) in [5, 5.41) is 8.08. The number of nitrogens with zero attached hydrogens (tertiary/aromatic N) is 3. The third-order valence-electron chi connectivity index (χ3n) is 1.69. The van der Waals surface area contributed by atoms with Gasteiger partial charge in [0.15, 0.2) is 0 Å². The molecule has 1 atom stereocenters. The Hall–Kier alpha value is -0.380.